The van der Waals surface area contributed by atoms with Crippen LogP contribution in [0.5, 0.6) is 17.4 Å². The second-order valence-corrected chi connectivity index (χ2v) is 6.97. The Kier molecular flexibility index (Phi) is 8.02. The minimum absolute atomic E-state index is 0.00283. The first kappa shape index (κ1) is 21.6. The lowest BCUT2D eigenvalue weighted by molar-refractivity contribution is -0.121. The van der Waals surface area contributed by atoms with E-state index >= 15 is 0 Å². The number of carbonyl (C=O) groups is 2. The van der Waals surface area contributed by atoms with Gasteiger partial charge in [-0.25, -0.2) is 4.98 Å². The molecule has 0 bridgehead atoms. The Labute approximate surface area is 175 Å². The molecule has 30 heavy (non-hydrogen) atoms. The SMILES string of the molecule is O=C(CN1CCCCCOc2ccccc2Oc2ncccc2C1=O)NCCCO. The first-order chi connectivity index (χ1) is 14.7. The zero-order valence-electron chi connectivity index (χ0n) is 16.9. The molecule has 0 saturated carbocycles. The molecule has 1 aromatic carbocycles. The maximum Gasteiger partial charge on any atom is 0.259 e. The van der Waals surface area contributed by atoms with Crippen LogP contribution < -0.4 is 14.8 Å². The quantitative estimate of drug-likeness (QED) is 0.730. The van der Waals surface area contributed by atoms with Gasteiger partial charge in [0.1, 0.15) is 5.56 Å². The van der Waals surface area contributed by atoms with Gasteiger partial charge in [0.15, 0.2) is 11.5 Å². The Morgan fingerprint density at radius 3 is 2.80 bits per heavy atom. The van der Waals surface area contributed by atoms with Crippen molar-refractivity contribution in [2.75, 3.05) is 32.8 Å². The molecule has 1 aromatic heterocycles. The third-order valence-corrected chi connectivity index (χ3v) is 4.67. The van der Waals surface area contributed by atoms with Gasteiger partial charge in [-0.05, 0) is 49.9 Å². The topological polar surface area (TPSA) is 101 Å². The van der Waals surface area contributed by atoms with Gasteiger partial charge < -0.3 is 24.8 Å². The monoisotopic (exact) mass is 413 g/mol. The summed E-state index contributed by atoms with van der Waals surface area (Å²) in [5.74, 6) is 0.677. The highest BCUT2D eigenvalue weighted by Gasteiger charge is 2.23. The zero-order valence-corrected chi connectivity index (χ0v) is 16.9. The first-order valence-electron chi connectivity index (χ1n) is 10.2. The third-order valence-electron chi connectivity index (χ3n) is 4.67. The number of amides is 2. The molecule has 1 aliphatic heterocycles. The number of hydrogen-bond acceptors (Lipinski definition) is 6. The summed E-state index contributed by atoms with van der Waals surface area (Å²) in [6, 6.07) is 10.6. The molecule has 2 amide bonds. The molecular weight excluding hydrogens is 386 g/mol. The maximum atomic E-state index is 13.3. The molecule has 0 fully saturated rings. The molecule has 2 heterocycles. The summed E-state index contributed by atoms with van der Waals surface area (Å²) in [5, 5.41) is 11.6. The van der Waals surface area contributed by atoms with Crippen LogP contribution in [0.2, 0.25) is 0 Å². The highest BCUT2D eigenvalue weighted by atomic mass is 16.5. The van der Waals surface area contributed by atoms with E-state index in [9.17, 15) is 9.59 Å². The van der Waals surface area contributed by atoms with Gasteiger partial charge in [-0.15, -0.1) is 0 Å². The molecule has 160 valence electrons. The van der Waals surface area contributed by atoms with Gasteiger partial charge in [0.2, 0.25) is 11.8 Å². The van der Waals surface area contributed by atoms with Gasteiger partial charge in [-0.1, -0.05) is 12.1 Å². The van der Waals surface area contributed by atoms with E-state index in [1.165, 1.54) is 4.90 Å². The van der Waals surface area contributed by atoms with Crippen LogP contribution in [0.1, 0.15) is 36.0 Å². The van der Waals surface area contributed by atoms with Crippen molar-refractivity contribution in [2.45, 2.75) is 25.7 Å². The van der Waals surface area contributed by atoms with Crippen molar-refractivity contribution in [3.63, 3.8) is 0 Å². The largest absolute Gasteiger partial charge is 0.490 e. The van der Waals surface area contributed by atoms with Crippen LogP contribution in [-0.2, 0) is 4.79 Å². The maximum absolute atomic E-state index is 13.3. The Balaban J connectivity index is 1.85. The number of hydrogen-bond donors (Lipinski definition) is 2. The summed E-state index contributed by atoms with van der Waals surface area (Å²) in [7, 11) is 0. The van der Waals surface area contributed by atoms with Crippen molar-refractivity contribution in [1.29, 1.82) is 0 Å². The van der Waals surface area contributed by atoms with Crippen LogP contribution in [0.3, 0.4) is 0 Å². The standard InChI is InChI=1S/C22H27N3O5/c26-14-7-12-23-20(27)16-25-13-4-1-5-15-29-18-9-2-3-10-19(18)30-21-17(22(25)28)8-6-11-24-21/h2-3,6,8-11,26H,1,4-5,7,12-16H2,(H,23,27). The molecule has 1 aliphatic rings. The predicted octanol–water partition coefficient (Wildman–Crippen LogP) is 2.38. The number of ether oxygens (including phenoxy) is 2. The molecule has 2 N–H and O–H groups in total. The molecule has 8 heteroatoms. The van der Waals surface area contributed by atoms with Crippen molar-refractivity contribution in [3.05, 3.63) is 48.2 Å². The van der Waals surface area contributed by atoms with Gasteiger partial charge >= 0.3 is 0 Å². The molecule has 0 atom stereocenters. The molecule has 3 rings (SSSR count). The van der Waals surface area contributed by atoms with Crippen molar-refractivity contribution < 1.29 is 24.2 Å². The van der Waals surface area contributed by atoms with Crippen LogP contribution in [-0.4, -0.2) is 59.7 Å². The number of benzene rings is 1. The Bertz CT molecular complexity index is 858. The molecule has 8 nitrogen and oxygen atoms in total. The van der Waals surface area contributed by atoms with Crippen molar-refractivity contribution >= 4 is 11.8 Å². The van der Waals surface area contributed by atoms with Crippen LogP contribution in [0.4, 0.5) is 0 Å². The fourth-order valence-corrected chi connectivity index (χ4v) is 3.12. The fourth-order valence-electron chi connectivity index (χ4n) is 3.12. The first-order valence-corrected chi connectivity index (χ1v) is 10.2. The van der Waals surface area contributed by atoms with E-state index in [0.717, 1.165) is 19.3 Å². The van der Waals surface area contributed by atoms with Gasteiger partial charge in [0, 0.05) is 25.9 Å². The van der Waals surface area contributed by atoms with E-state index in [-0.39, 0.29) is 36.4 Å². The number of nitrogens with one attached hydrogen (secondary N) is 1. The number of nitrogens with zero attached hydrogens (tertiary/aromatic N) is 2. The minimum Gasteiger partial charge on any atom is -0.490 e. The summed E-state index contributed by atoms with van der Waals surface area (Å²) >= 11 is 0. The Morgan fingerprint density at radius 1 is 1.13 bits per heavy atom. The molecule has 0 unspecified atom stereocenters. The molecule has 0 aliphatic carbocycles. The van der Waals surface area contributed by atoms with Gasteiger partial charge in [-0.3, -0.25) is 9.59 Å². The van der Waals surface area contributed by atoms with Crippen LogP contribution in [0, 0.1) is 0 Å². The third kappa shape index (κ3) is 5.93. The van der Waals surface area contributed by atoms with Crippen molar-refractivity contribution in [3.8, 4) is 17.4 Å². The van der Waals surface area contributed by atoms with Crippen LogP contribution >= 0.6 is 0 Å². The lowest BCUT2D eigenvalue weighted by Crippen LogP contribution is -2.41. The average molecular weight is 413 g/mol. The number of aliphatic hydroxyl groups is 1. The van der Waals surface area contributed by atoms with E-state index in [4.69, 9.17) is 14.6 Å². The number of aromatic nitrogens is 1. The number of fused-ring (bicyclic) bond motifs is 2. The Hall–Kier alpha value is -3.13. The van der Waals surface area contributed by atoms with Gasteiger partial charge in [0.25, 0.3) is 5.91 Å². The molecule has 2 aromatic rings. The van der Waals surface area contributed by atoms with E-state index in [2.05, 4.69) is 10.3 Å². The number of rotatable bonds is 5. The average Bonchev–Trinajstić information content (AvgIpc) is 2.77. The normalized spacial score (nSPS) is 14.7. The predicted molar refractivity (Wildman–Crippen MR) is 111 cm³/mol. The number of pyridine rings is 1. The number of carbonyl (C=O) groups excluding carboxylic acids is 2. The van der Waals surface area contributed by atoms with Gasteiger partial charge in [0.05, 0.1) is 13.2 Å². The summed E-state index contributed by atoms with van der Waals surface area (Å²) < 4.78 is 11.8. The molecule has 0 radical (unpaired) electrons. The van der Waals surface area contributed by atoms with E-state index in [1.54, 1.807) is 24.4 Å². The molecule has 0 spiro atoms. The lowest BCUT2D eigenvalue weighted by Gasteiger charge is -2.23. The highest BCUT2D eigenvalue weighted by Crippen LogP contribution is 2.32. The second-order valence-electron chi connectivity index (χ2n) is 6.97. The highest BCUT2D eigenvalue weighted by molar-refractivity contribution is 5.98. The second kappa shape index (κ2) is 11.2. The molecular formula is C22H27N3O5. The van der Waals surface area contributed by atoms with E-state index in [1.807, 2.05) is 18.2 Å². The summed E-state index contributed by atoms with van der Waals surface area (Å²) in [6.07, 6.45) is 4.46. The van der Waals surface area contributed by atoms with Crippen LogP contribution in [0.15, 0.2) is 42.6 Å². The number of aliphatic hydroxyl groups excluding tert-OH is 1. The van der Waals surface area contributed by atoms with Crippen molar-refractivity contribution in [1.82, 2.24) is 15.2 Å². The summed E-state index contributed by atoms with van der Waals surface area (Å²) in [6.45, 7) is 1.28. The summed E-state index contributed by atoms with van der Waals surface area (Å²) in [5.41, 5.74) is 0.287. The zero-order chi connectivity index (χ0) is 21.2. The Morgan fingerprint density at radius 2 is 1.97 bits per heavy atom. The van der Waals surface area contributed by atoms with Gasteiger partial charge in [-0.2, -0.15) is 0 Å². The molecule has 0 saturated heterocycles. The minimum atomic E-state index is -0.312. The lowest BCUT2D eigenvalue weighted by atomic mass is 10.2. The van der Waals surface area contributed by atoms with Crippen LogP contribution in [0.25, 0.3) is 0 Å². The van der Waals surface area contributed by atoms with E-state index < -0.39 is 0 Å². The smallest absolute Gasteiger partial charge is 0.259 e. The fraction of sp³-hybridized carbons (Fsp3) is 0.409. The number of para-hydroxylation sites is 2. The van der Waals surface area contributed by atoms with E-state index in [0.29, 0.717) is 37.6 Å². The van der Waals surface area contributed by atoms with Crippen molar-refractivity contribution in [2.24, 2.45) is 0 Å². The summed E-state index contributed by atoms with van der Waals surface area (Å²) in [4.78, 5) is 31.3.